The molecule has 0 aromatic carbocycles. The Morgan fingerprint density at radius 3 is 2.00 bits per heavy atom. The topological polar surface area (TPSA) is 108 Å². The maximum Gasteiger partial charge on any atom is 0.408 e. The number of aliphatic hydroxyl groups excluding tert-OH is 2. The molecule has 7 nitrogen and oxygen atoms in total. The van der Waals surface area contributed by atoms with E-state index < -0.39 is 42.4 Å². The third-order valence-electron chi connectivity index (χ3n) is 3.29. The van der Waals surface area contributed by atoms with Crippen molar-refractivity contribution in [1.82, 2.24) is 10.6 Å². The zero-order chi connectivity index (χ0) is 17.6. The molecule has 0 radical (unpaired) electrons. The minimum absolute atomic E-state index is 0.130. The summed E-state index contributed by atoms with van der Waals surface area (Å²) in [6.45, 7) is 9.64. The number of hydrogen-bond acceptors (Lipinski definition) is 5. The van der Waals surface area contributed by atoms with E-state index in [9.17, 15) is 19.8 Å². The highest BCUT2D eigenvalue weighted by molar-refractivity contribution is 5.86. The van der Waals surface area contributed by atoms with Crippen LogP contribution in [-0.4, -0.2) is 52.6 Å². The van der Waals surface area contributed by atoms with Crippen LogP contribution in [0, 0.1) is 5.92 Å². The van der Waals surface area contributed by atoms with Crippen LogP contribution in [0.15, 0.2) is 0 Å². The molecule has 22 heavy (non-hydrogen) atoms. The van der Waals surface area contributed by atoms with E-state index in [0.29, 0.717) is 6.42 Å². The smallest absolute Gasteiger partial charge is 0.408 e. The number of carbonyl (C=O) groups is 2. The molecule has 0 heterocycles. The first-order valence-corrected chi connectivity index (χ1v) is 7.51. The molecule has 0 spiro atoms. The van der Waals surface area contributed by atoms with Crippen molar-refractivity contribution >= 4 is 12.0 Å². The van der Waals surface area contributed by atoms with Crippen LogP contribution in [0.3, 0.4) is 0 Å². The number of alkyl carbamates (subject to hydrolysis) is 1. The number of rotatable bonds is 7. The van der Waals surface area contributed by atoms with Gasteiger partial charge in [-0.15, -0.1) is 0 Å². The monoisotopic (exact) mass is 318 g/mol. The van der Waals surface area contributed by atoms with Crippen molar-refractivity contribution in [2.45, 2.75) is 65.1 Å². The lowest BCUT2D eigenvalue weighted by molar-refractivity contribution is -0.127. The Morgan fingerprint density at radius 2 is 1.64 bits per heavy atom. The van der Waals surface area contributed by atoms with E-state index >= 15 is 0 Å². The Morgan fingerprint density at radius 1 is 1.14 bits per heavy atom. The average molecular weight is 318 g/mol. The second kappa shape index (κ2) is 8.33. The first-order valence-electron chi connectivity index (χ1n) is 7.51. The minimum Gasteiger partial charge on any atom is -0.444 e. The van der Waals surface area contributed by atoms with Crippen LogP contribution in [0.4, 0.5) is 4.79 Å². The number of amides is 2. The summed E-state index contributed by atoms with van der Waals surface area (Å²) in [7, 11) is 0. The molecule has 0 fully saturated rings. The first-order chi connectivity index (χ1) is 9.98. The van der Waals surface area contributed by atoms with Gasteiger partial charge in [0.25, 0.3) is 0 Å². The Bertz CT molecular complexity index is 375. The third-order valence-corrected chi connectivity index (χ3v) is 3.29. The molecule has 0 aliphatic rings. The van der Waals surface area contributed by atoms with Gasteiger partial charge in [0.05, 0.1) is 18.8 Å². The lowest BCUT2D eigenvalue weighted by Crippen LogP contribution is -2.59. The van der Waals surface area contributed by atoms with E-state index in [2.05, 4.69) is 10.6 Å². The van der Waals surface area contributed by atoms with Crippen LogP contribution >= 0.6 is 0 Å². The molecular formula is C15H30N2O5. The molecule has 0 unspecified atom stereocenters. The van der Waals surface area contributed by atoms with Crippen LogP contribution in [0.1, 0.15) is 48.0 Å². The van der Waals surface area contributed by atoms with E-state index in [4.69, 9.17) is 4.74 Å². The summed E-state index contributed by atoms with van der Waals surface area (Å²) < 4.78 is 5.17. The third kappa shape index (κ3) is 7.09. The van der Waals surface area contributed by atoms with Crippen LogP contribution < -0.4 is 10.6 Å². The molecule has 130 valence electrons. The number of nitrogens with one attached hydrogen (secondary N) is 2. The summed E-state index contributed by atoms with van der Waals surface area (Å²) in [4.78, 5) is 24.3. The van der Waals surface area contributed by atoms with Crippen LogP contribution in [-0.2, 0) is 9.53 Å². The molecule has 2 amide bonds. The highest BCUT2D eigenvalue weighted by atomic mass is 16.6. The quantitative estimate of drug-likeness (QED) is 0.555. The fraction of sp³-hybridized carbons (Fsp3) is 0.867. The summed E-state index contributed by atoms with van der Waals surface area (Å²) in [6.07, 6.45) is -0.00861. The second-order valence-corrected chi connectivity index (χ2v) is 6.88. The number of carbonyl (C=O) groups excluding carboxylic acids is 2. The summed E-state index contributed by atoms with van der Waals surface area (Å²) in [5, 5.41) is 23.6. The summed E-state index contributed by atoms with van der Waals surface area (Å²) in [5.74, 6) is -0.597. The molecule has 7 heteroatoms. The van der Waals surface area contributed by atoms with E-state index in [-0.39, 0.29) is 5.92 Å². The molecule has 0 saturated carbocycles. The van der Waals surface area contributed by atoms with Crippen molar-refractivity contribution in [3.05, 3.63) is 0 Å². The molecule has 0 aromatic rings. The Labute approximate surface area is 132 Å². The van der Waals surface area contributed by atoms with Gasteiger partial charge in [0, 0.05) is 0 Å². The molecule has 0 rings (SSSR count). The minimum atomic E-state index is -1.14. The van der Waals surface area contributed by atoms with Crippen molar-refractivity contribution in [2.75, 3.05) is 13.2 Å². The van der Waals surface area contributed by atoms with Crippen molar-refractivity contribution < 1.29 is 24.5 Å². The highest BCUT2D eigenvalue weighted by Gasteiger charge is 2.33. The molecule has 4 N–H and O–H groups in total. The lowest BCUT2D eigenvalue weighted by Gasteiger charge is -2.31. The van der Waals surface area contributed by atoms with Gasteiger partial charge in [0.2, 0.25) is 5.91 Å². The standard InChI is InChI=1S/C15H30N2O5/c1-7-10(2)11(16-13(21)22-14(3,4)5)12(20)17-15(6,8-18)9-19/h10-11,18-19H,7-9H2,1-6H3,(H,16,21)(H,17,20)/t10-,11-/m0/s1. The van der Waals surface area contributed by atoms with Crippen molar-refractivity contribution in [2.24, 2.45) is 5.92 Å². The van der Waals surface area contributed by atoms with Crippen LogP contribution in [0.2, 0.25) is 0 Å². The van der Waals surface area contributed by atoms with Gasteiger partial charge in [-0.1, -0.05) is 20.3 Å². The number of aliphatic hydroxyl groups is 2. The molecule has 0 bridgehead atoms. The summed E-state index contributed by atoms with van der Waals surface area (Å²) >= 11 is 0. The van der Waals surface area contributed by atoms with Crippen molar-refractivity contribution in [3.8, 4) is 0 Å². The van der Waals surface area contributed by atoms with Gasteiger partial charge in [0.15, 0.2) is 0 Å². The maximum atomic E-state index is 12.4. The fourth-order valence-corrected chi connectivity index (χ4v) is 1.64. The fourth-order valence-electron chi connectivity index (χ4n) is 1.64. The number of ether oxygens (including phenoxy) is 1. The highest BCUT2D eigenvalue weighted by Crippen LogP contribution is 2.12. The van der Waals surface area contributed by atoms with E-state index in [1.54, 1.807) is 20.8 Å². The predicted molar refractivity (Wildman–Crippen MR) is 83.3 cm³/mol. The predicted octanol–water partition coefficient (Wildman–Crippen LogP) is 0.785. The largest absolute Gasteiger partial charge is 0.444 e. The first kappa shape index (κ1) is 20.7. The SMILES string of the molecule is CC[C@H](C)[C@H](NC(=O)OC(C)(C)C)C(=O)NC(C)(CO)CO. The van der Waals surface area contributed by atoms with E-state index in [1.807, 2.05) is 13.8 Å². The van der Waals surface area contributed by atoms with Crippen molar-refractivity contribution in [3.63, 3.8) is 0 Å². The van der Waals surface area contributed by atoms with Crippen LogP contribution in [0.5, 0.6) is 0 Å². The molecule has 0 aliphatic carbocycles. The van der Waals surface area contributed by atoms with Gasteiger partial charge >= 0.3 is 6.09 Å². The summed E-state index contributed by atoms with van der Waals surface area (Å²) in [5.41, 5.74) is -1.80. The van der Waals surface area contributed by atoms with Gasteiger partial charge in [-0.2, -0.15) is 0 Å². The Hall–Kier alpha value is -1.34. The Kier molecular flexibility index (Phi) is 7.83. The average Bonchev–Trinajstić information content (AvgIpc) is 2.41. The van der Waals surface area contributed by atoms with Gasteiger partial charge in [0.1, 0.15) is 11.6 Å². The zero-order valence-corrected chi connectivity index (χ0v) is 14.4. The summed E-state index contributed by atoms with van der Waals surface area (Å²) in [6, 6.07) is -0.808. The zero-order valence-electron chi connectivity index (χ0n) is 14.4. The van der Waals surface area contributed by atoms with Gasteiger partial charge < -0.3 is 25.6 Å². The van der Waals surface area contributed by atoms with E-state index in [0.717, 1.165) is 0 Å². The molecule has 0 saturated heterocycles. The molecule has 0 aromatic heterocycles. The van der Waals surface area contributed by atoms with Gasteiger partial charge in [-0.3, -0.25) is 4.79 Å². The van der Waals surface area contributed by atoms with Crippen LogP contribution in [0.25, 0.3) is 0 Å². The van der Waals surface area contributed by atoms with Gasteiger partial charge in [-0.05, 0) is 33.6 Å². The normalized spacial score (nSPS) is 14.9. The second-order valence-electron chi connectivity index (χ2n) is 6.88. The van der Waals surface area contributed by atoms with E-state index in [1.165, 1.54) is 6.92 Å². The molecule has 2 atom stereocenters. The Balaban J connectivity index is 4.99. The van der Waals surface area contributed by atoms with Gasteiger partial charge in [-0.25, -0.2) is 4.79 Å². The molecule has 0 aliphatic heterocycles. The van der Waals surface area contributed by atoms with Crippen molar-refractivity contribution in [1.29, 1.82) is 0 Å². The maximum absolute atomic E-state index is 12.4. The lowest BCUT2D eigenvalue weighted by atomic mass is 9.96. The number of hydrogen-bond donors (Lipinski definition) is 4. The molecular weight excluding hydrogens is 288 g/mol.